The number of aryl methyl sites for hydroxylation is 1. The molecule has 2 heterocycles. The Bertz CT molecular complexity index is 1070. The molecule has 0 amide bonds. The zero-order chi connectivity index (χ0) is 21.1. The summed E-state index contributed by atoms with van der Waals surface area (Å²) in [4.78, 5) is 7.94. The van der Waals surface area contributed by atoms with Crippen LogP contribution in [0.15, 0.2) is 24.4 Å². The van der Waals surface area contributed by atoms with Crippen molar-refractivity contribution in [2.75, 3.05) is 0 Å². The molecular weight excluding hydrogens is 390 g/mol. The number of nitrogens with zero attached hydrogens (tertiary/aromatic N) is 2. The molecule has 3 aromatic rings. The number of alkyl halides is 6. The van der Waals surface area contributed by atoms with Crippen molar-refractivity contribution in [2.24, 2.45) is 0 Å². The summed E-state index contributed by atoms with van der Waals surface area (Å²) in [5.74, 6) is -4.39. The zero-order valence-electron chi connectivity index (χ0n) is 14.6. The summed E-state index contributed by atoms with van der Waals surface area (Å²) < 4.78 is 80.9. The molecule has 3 rings (SSSR count). The largest absolute Gasteiger partial charge is 0.447 e. The molecule has 0 aliphatic rings. The average Bonchev–Trinajstić information content (AvgIpc) is 2.58. The Morgan fingerprint density at radius 1 is 1.00 bits per heavy atom. The third-order valence-electron chi connectivity index (χ3n) is 4.57. The van der Waals surface area contributed by atoms with Gasteiger partial charge < -0.3 is 10.2 Å². The van der Waals surface area contributed by atoms with Crippen LogP contribution in [-0.4, -0.2) is 26.4 Å². The van der Waals surface area contributed by atoms with Crippen LogP contribution in [0.1, 0.15) is 29.3 Å². The Morgan fingerprint density at radius 3 is 2.18 bits per heavy atom. The minimum Gasteiger partial charge on any atom is -0.355 e. The van der Waals surface area contributed by atoms with E-state index in [2.05, 4.69) is 9.97 Å². The summed E-state index contributed by atoms with van der Waals surface area (Å²) >= 11 is 0. The molecule has 28 heavy (non-hydrogen) atoms. The molecular formula is C18H14F6N2O2. The summed E-state index contributed by atoms with van der Waals surface area (Å²) in [6.45, 7) is 2.78. The normalized spacial score (nSPS) is 13.5. The van der Waals surface area contributed by atoms with Gasteiger partial charge in [0.15, 0.2) is 0 Å². The van der Waals surface area contributed by atoms with Gasteiger partial charge in [-0.15, -0.1) is 0 Å². The second kappa shape index (κ2) is 6.28. The standard InChI is InChI=1S/C18H14F6N2O2/c1-3-12-8(2)13(17(19,20)21)10-7-11(16(27,28)18(22,23)24)15-9(14(10)26-12)5-4-6-25-15/h4-7,27-28H,3H2,1-2H3. The van der Waals surface area contributed by atoms with Crippen molar-refractivity contribution in [3.8, 4) is 0 Å². The molecule has 10 heteroatoms. The number of halogens is 6. The lowest BCUT2D eigenvalue weighted by molar-refractivity contribution is -0.357. The first-order valence-corrected chi connectivity index (χ1v) is 8.10. The third-order valence-corrected chi connectivity index (χ3v) is 4.57. The van der Waals surface area contributed by atoms with E-state index in [1.807, 2.05) is 0 Å². The Labute approximate surface area is 154 Å². The molecule has 0 bridgehead atoms. The van der Waals surface area contributed by atoms with Gasteiger partial charge in [0, 0.05) is 28.2 Å². The topological polar surface area (TPSA) is 66.2 Å². The van der Waals surface area contributed by atoms with E-state index in [1.54, 1.807) is 6.92 Å². The molecule has 0 unspecified atom stereocenters. The van der Waals surface area contributed by atoms with Gasteiger partial charge in [-0.1, -0.05) is 6.92 Å². The first-order valence-electron chi connectivity index (χ1n) is 8.10. The minimum absolute atomic E-state index is 0.132. The van der Waals surface area contributed by atoms with Crippen LogP contribution < -0.4 is 0 Å². The maximum absolute atomic E-state index is 13.8. The predicted octanol–water partition coefficient (Wildman–Crippen LogP) is 4.37. The fourth-order valence-electron chi connectivity index (χ4n) is 3.24. The van der Waals surface area contributed by atoms with E-state index in [9.17, 15) is 36.6 Å². The molecule has 2 aromatic heterocycles. The van der Waals surface area contributed by atoms with Gasteiger partial charge in [0.25, 0.3) is 5.79 Å². The van der Waals surface area contributed by atoms with Crippen molar-refractivity contribution < 1.29 is 36.6 Å². The van der Waals surface area contributed by atoms with Crippen LogP contribution in [0.2, 0.25) is 0 Å². The van der Waals surface area contributed by atoms with E-state index in [4.69, 9.17) is 0 Å². The van der Waals surface area contributed by atoms with Gasteiger partial charge in [0.1, 0.15) is 0 Å². The van der Waals surface area contributed by atoms with Gasteiger partial charge in [0.2, 0.25) is 0 Å². The molecule has 1 aromatic carbocycles. The molecule has 0 aliphatic carbocycles. The van der Waals surface area contributed by atoms with Crippen molar-refractivity contribution in [3.05, 3.63) is 46.8 Å². The molecule has 2 N–H and O–H groups in total. The fourth-order valence-corrected chi connectivity index (χ4v) is 3.24. The van der Waals surface area contributed by atoms with E-state index in [0.717, 1.165) is 6.20 Å². The van der Waals surface area contributed by atoms with Gasteiger partial charge in [-0.3, -0.25) is 9.97 Å². The first kappa shape index (κ1) is 20.3. The Balaban J connectivity index is 2.62. The molecule has 0 fully saturated rings. The van der Waals surface area contributed by atoms with Crippen LogP contribution in [-0.2, 0) is 18.4 Å². The second-order valence-electron chi connectivity index (χ2n) is 6.30. The number of benzene rings is 1. The van der Waals surface area contributed by atoms with Crippen LogP contribution in [0.3, 0.4) is 0 Å². The van der Waals surface area contributed by atoms with Crippen molar-refractivity contribution in [1.29, 1.82) is 0 Å². The van der Waals surface area contributed by atoms with E-state index in [-0.39, 0.29) is 28.6 Å². The molecule has 0 saturated heterocycles. The first-order chi connectivity index (χ1) is 12.8. The molecule has 0 atom stereocenters. The zero-order valence-corrected chi connectivity index (χ0v) is 14.6. The quantitative estimate of drug-likeness (QED) is 0.378. The SMILES string of the molecule is CCc1nc2c(cc(C(O)(O)C(F)(F)F)c3ncccc32)c(C(F)(F)F)c1C. The Morgan fingerprint density at radius 2 is 1.64 bits per heavy atom. The number of fused-ring (bicyclic) bond motifs is 3. The average molecular weight is 404 g/mol. The second-order valence-corrected chi connectivity index (χ2v) is 6.30. The van der Waals surface area contributed by atoms with Crippen LogP contribution in [0.4, 0.5) is 26.3 Å². The van der Waals surface area contributed by atoms with E-state index < -0.39 is 40.2 Å². The number of rotatable bonds is 2. The summed E-state index contributed by atoms with van der Waals surface area (Å²) in [6.07, 6.45) is -9.19. The Kier molecular flexibility index (Phi) is 4.55. The van der Waals surface area contributed by atoms with Crippen LogP contribution in [0.25, 0.3) is 21.8 Å². The maximum Gasteiger partial charge on any atom is 0.447 e. The highest BCUT2D eigenvalue weighted by Gasteiger charge is 2.55. The third kappa shape index (κ3) is 2.96. The minimum atomic E-state index is -5.56. The lowest BCUT2D eigenvalue weighted by Gasteiger charge is -2.27. The highest BCUT2D eigenvalue weighted by Crippen LogP contribution is 2.44. The highest BCUT2D eigenvalue weighted by atomic mass is 19.4. The highest BCUT2D eigenvalue weighted by molar-refractivity contribution is 6.07. The molecule has 4 nitrogen and oxygen atoms in total. The van der Waals surface area contributed by atoms with Gasteiger partial charge >= 0.3 is 12.4 Å². The predicted molar refractivity (Wildman–Crippen MR) is 88.3 cm³/mol. The summed E-state index contributed by atoms with van der Waals surface area (Å²) in [6, 6.07) is 3.01. The number of aliphatic hydroxyl groups is 2. The van der Waals surface area contributed by atoms with Crippen LogP contribution >= 0.6 is 0 Å². The van der Waals surface area contributed by atoms with Crippen molar-refractivity contribution >= 4 is 21.8 Å². The number of aromatic nitrogens is 2. The van der Waals surface area contributed by atoms with Gasteiger partial charge in [-0.05, 0) is 37.1 Å². The number of hydrogen-bond donors (Lipinski definition) is 2. The molecule has 0 aliphatic heterocycles. The smallest absolute Gasteiger partial charge is 0.355 e. The summed E-state index contributed by atoms with van der Waals surface area (Å²) in [7, 11) is 0. The van der Waals surface area contributed by atoms with Crippen LogP contribution in [0.5, 0.6) is 0 Å². The Hall–Kier alpha value is -2.46. The summed E-state index contributed by atoms with van der Waals surface area (Å²) in [5, 5.41) is 18.7. The molecule has 150 valence electrons. The van der Waals surface area contributed by atoms with Crippen molar-refractivity contribution in [3.63, 3.8) is 0 Å². The lowest BCUT2D eigenvalue weighted by atomic mass is 9.93. The fraction of sp³-hybridized carbons (Fsp3) is 0.333. The molecule has 0 spiro atoms. The van der Waals surface area contributed by atoms with Crippen molar-refractivity contribution in [2.45, 2.75) is 38.4 Å². The van der Waals surface area contributed by atoms with Crippen LogP contribution in [0, 0.1) is 6.92 Å². The number of hydrogen-bond acceptors (Lipinski definition) is 4. The van der Waals surface area contributed by atoms with Gasteiger partial charge in [-0.25, -0.2) is 0 Å². The lowest BCUT2D eigenvalue weighted by Crippen LogP contribution is -2.42. The number of pyridine rings is 2. The maximum atomic E-state index is 13.8. The van der Waals surface area contributed by atoms with E-state index in [1.165, 1.54) is 19.1 Å². The van der Waals surface area contributed by atoms with E-state index >= 15 is 0 Å². The monoisotopic (exact) mass is 404 g/mol. The van der Waals surface area contributed by atoms with Crippen molar-refractivity contribution in [1.82, 2.24) is 9.97 Å². The molecule has 0 radical (unpaired) electrons. The van der Waals surface area contributed by atoms with E-state index in [0.29, 0.717) is 6.07 Å². The van der Waals surface area contributed by atoms with Gasteiger partial charge in [-0.2, -0.15) is 26.3 Å². The van der Waals surface area contributed by atoms with Gasteiger partial charge in [0.05, 0.1) is 16.6 Å². The molecule has 0 saturated carbocycles. The summed E-state index contributed by atoms with van der Waals surface area (Å²) in [5.41, 5.74) is -3.17.